The largest absolute Gasteiger partial charge is 0.507 e. The Kier molecular flexibility index (Phi) is 7.98. The third kappa shape index (κ3) is 6.08. The molecule has 5 rings (SSSR count). The van der Waals surface area contributed by atoms with Crippen molar-refractivity contribution in [2.75, 3.05) is 7.11 Å². The van der Waals surface area contributed by atoms with Gasteiger partial charge in [0, 0.05) is 0 Å². The molecule has 0 aliphatic carbocycles. The van der Waals surface area contributed by atoms with Crippen LogP contribution >= 0.6 is 11.8 Å². The summed E-state index contributed by atoms with van der Waals surface area (Å²) in [6.07, 6.45) is 1.53. The number of hydrogen-bond acceptors (Lipinski definition) is 7. The molecule has 1 aliphatic rings. The maximum atomic E-state index is 13.1. The highest BCUT2D eigenvalue weighted by Crippen LogP contribution is 2.34. The summed E-state index contributed by atoms with van der Waals surface area (Å²) in [6, 6.07) is 29.1. The monoisotopic (exact) mass is 551 g/mol. The van der Waals surface area contributed by atoms with Crippen LogP contribution in [0, 0.1) is 0 Å². The second kappa shape index (κ2) is 11.9. The standard InChI is InChI=1S/C32H25NO6S/c1-38-26-14-9-22(10-15-26)20-39-31(36)27-17-23(11-16-28(27)34)18-29-30(35)33(32(37)40-29)19-21-7-12-25(13-8-21)24-5-3-2-4-6-24/h2-18,34H,19-20H2,1H3. The first-order valence-electron chi connectivity index (χ1n) is 12.4. The van der Waals surface area contributed by atoms with Crippen molar-refractivity contribution in [2.45, 2.75) is 13.2 Å². The number of carbonyl (C=O) groups is 3. The first-order chi connectivity index (χ1) is 19.4. The highest BCUT2D eigenvalue weighted by molar-refractivity contribution is 8.18. The van der Waals surface area contributed by atoms with Crippen LogP contribution < -0.4 is 4.74 Å². The highest BCUT2D eigenvalue weighted by atomic mass is 32.2. The van der Waals surface area contributed by atoms with E-state index >= 15 is 0 Å². The van der Waals surface area contributed by atoms with E-state index in [9.17, 15) is 19.5 Å². The maximum absolute atomic E-state index is 13.1. The molecular weight excluding hydrogens is 526 g/mol. The van der Waals surface area contributed by atoms with E-state index in [2.05, 4.69) is 0 Å². The number of methoxy groups -OCH3 is 1. The van der Waals surface area contributed by atoms with Crippen LogP contribution in [-0.4, -0.2) is 34.2 Å². The van der Waals surface area contributed by atoms with E-state index in [-0.39, 0.29) is 34.6 Å². The molecule has 0 atom stereocenters. The lowest BCUT2D eigenvalue weighted by Crippen LogP contribution is -2.27. The second-order valence-electron chi connectivity index (χ2n) is 9.03. The first-order valence-corrected chi connectivity index (χ1v) is 13.3. The van der Waals surface area contributed by atoms with E-state index in [0.29, 0.717) is 11.3 Å². The molecule has 1 heterocycles. The number of amides is 2. The normalized spacial score (nSPS) is 14.0. The van der Waals surface area contributed by atoms with Gasteiger partial charge in [-0.2, -0.15) is 0 Å². The van der Waals surface area contributed by atoms with Crippen molar-refractivity contribution < 1.29 is 29.0 Å². The Morgan fingerprint density at radius 3 is 2.25 bits per heavy atom. The van der Waals surface area contributed by atoms with Gasteiger partial charge in [-0.15, -0.1) is 0 Å². The number of hydrogen-bond donors (Lipinski definition) is 1. The molecule has 1 N–H and O–H groups in total. The number of benzene rings is 4. The van der Waals surface area contributed by atoms with Crippen LogP contribution in [0.1, 0.15) is 27.0 Å². The summed E-state index contributed by atoms with van der Waals surface area (Å²) < 4.78 is 10.5. The Morgan fingerprint density at radius 2 is 1.55 bits per heavy atom. The van der Waals surface area contributed by atoms with Crippen molar-refractivity contribution in [1.82, 2.24) is 4.90 Å². The predicted octanol–water partition coefficient (Wildman–Crippen LogP) is 6.66. The molecule has 4 aromatic rings. The summed E-state index contributed by atoms with van der Waals surface area (Å²) >= 11 is 0.834. The molecule has 2 amide bonds. The smallest absolute Gasteiger partial charge is 0.342 e. The second-order valence-corrected chi connectivity index (χ2v) is 10.0. The van der Waals surface area contributed by atoms with Gasteiger partial charge < -0.3 is 14.6 Å². The van der Waals surface area contributed by atoms with E-state index in [0.717, 1.165) is 34.0 Å². The Morgan fingerprint density at radius 1 is 0.875 bits per heavy atom. The summed E-state index contributed by atoms with van der Waals surface area (Å²) in [5.74, 6) is -0.691. The minimum absolute atomic E-state index is 0.0116. The van der Waals surface area contributed by atoms with Crippen LogP contribution in [0.2, 0.25) is 0 Å². The molecule has 1 aliphatic heterocycles. The molecule has 7 nitrogen and oxygen atoms in total. The van der Waals surface area contributed by atoms with Crippen LogP contribution in [0.3, 0.4) is 0 Å². The Labute approximate surface area is 235 Å². The van der Waals surface area contributed by atoms with Crippen molar-refractivity contribution >= 4 is 35.0 Å². The number of phenolic OH excluding ortho intramolecular Hbond substituents is 1. The molecule has 0 bridgehead atoms. The van der Waals surface area contributed by atoms with Gasteiger partial charge in [-0.3, -0.25) is 14.5 Å². The molecule has 40 heavy (non-hydrogen) atoms. The molecule has 200 valence electrons. The summed E-state index contributed by atoms with van der Waals surface area (Å²) in [7, 11) is 1.57. The lowest BCUT2D eigenvalue weighted by atomic mass is 10.0. The fourth-order valence-electron chi connectivity index (χ4n) is 4.16. The zero-order valence-corrected chi connectivity index (χ0v) is 22.4. The number of carbonyl (C=O) groups excluding carboxylic acids is 3. The van der Waals surface area contributed by atoms with E-state index in [1.54, 1.807) is 37.4 Å². The first kappa shape index (κ1) is 26.8. The quantitative estimate of drug-likeness (QED) is 0.193. The van der Waals surface area contributed by atoms with Crippen LogP contribution in [0.4, 0.5) is 4.79 Å². The number of aromatic hydroxyl groups is 1. The van der Waals surface area contributed by atoms with E-state index in [4.69, 9.17) is 9.47 Å². The van der Waals surface area contributed by atoms with Gasteiger partial charge in [0.05, 0.1) is 18.6 Å². The van der Waals surface area contributed by atoms with Crippen LogP contribution in [0.5, 0.6) is 11.5 Å². The number of imide groups is 1. The van der Waals surface area contributed by atoms with Crippen molar-refractivity contribution in [3.05, 3.63) is 124 Å². The van der Waals surface area contributed by atoms with Crippen LogP contribution in [-0.2, 0) is 22.7 Å². The minimum Gasteiger partial charge on any atom is -0.507 e. The van der Waals surface area contributed by atoms with Gasteiger partial charge in [-0.25, -0.2) is 4.79 Å². The highest BCUT2D eigenvalue weighted by Gasteiger charge is 2.35. The minimum atomic E-state index is -0.712. The Hall–Kier alpha value is -4.82. The number of phenols is 1. The molecule has 0 aromatic heterocycles. The molecule has 4 aromatic carbocycles. The van der Waals surface area contributed by atoms with Crippen LogP contribution in [0.25, 0.3) is 17.2 Å². The van der Waals surface area contributed by atoms with E-state index in [1.165, 1.54) is 23.1 Å². The summed E-state index contributed by atoms with van der Waals surface area (Å²) in [4.78, 5) is 39.8. The number of thioether (sulfide) groups is 1. The van der Waals surface area contributed by atoms with Crippen molar-refractivity contribution in [2.24, 2.45) is 0 Å². The van der Waals surface area contributed by atoms with Gasteiger partial charge >= 0.3 is 5.97 Å². The van der Waals surface area contributed by atoms with E-state index < -0.39 is 11.9 Å². The van der Waals surface area contributed by atoms with Gasteiger partial charge in [0.2, 0.25) is 0 Å². The van der Waals surface area contributed by atoms with Gasteiger partial charge in [-0.05, 0) is 69.9 Å². The number of esters is 1. The molecular formula is C32H25NO6S. The number of rotatable bonds is 8. The zero-order valence-electron chi connectivity index (χ0n) is 21.6. The van der Waals surface area contributed by atoms with Crippen molar-refractivity contribution in [3.63, 3.8) is 0 Å². The molecule has 8 heteroatoms. The summed E-state index contributed by atoms with van der Waals surface area (Å²) in [6.45, 7) is 0.160. The average molecular weight is 552 g/mol. The molecule has 0 saturated carbocycles. The topological polar surface area (TPSA) is 93.1 Å². The van der Waals surface area contributed by atoms with E-state index in [1.807, 2.05) is 54.6 Å². The molecule has 0 spiro atoms. The van der Waals surface area contributed by atoms with Crippen LogP contribution in [0.15, 0.2) is 102 Å². The van der Waals surface area contributed by atoms with Crippen molar-refractivity contribution in [3.8, 4) is 22.6 Å². The zero-order chi connectivity index (χ0) is 28.1. The fraction of sp³-hybridized carbons (Fsp3) is 0.0938. The van der Waals surface area contributed by atoms with Gasteiger partial charge in [0.15, 0.2) is 0 Å². The van der Waals surface area contributed by atoms with Gasteiger partial charge in [-0.1, -0.05) is 72.8 Å². The lowest BCUT2D eigenvalue weighted by molar-refractivity contribution is -0.123. The third-order valence-electron chi connectivity index (χ3n) is 6.34. The number of nitrogens with zero attached hydrogens (tertiary/aromatic N) is 1. The SMILES string of the molecule is COc1ccc(COC(=O)c2cc(C=C3SC(=O)N(Cc4ccc(-c5ccccc5)cc4)C3=O)ccc2O)cc1. The summed E-state index contributed by atoms with van der Waals surface area (Å²) in [5.41, 5.74) is 4.15. The Balaban J connectivity index is 1.26. The Bertz CT molecular complexity index is 1580. The molecule has 1 fully saturated rings. The molecule has 0 radical (unpaired) electrons. The summed E-state index contributed by atoms with van der Waals surface area (Å²) in [5, 5.41) is 9.88. The average Bonchev–Trinajstić information content (AvgIpc) is 3.25. The third-order valence-corrected chi connectivity index (χ3v) is 7.25. The molecule has 1 saturated heterocycles. The predicted molar refractivity (Wildman–Crippen MR) is 154 cm³/mol. The van der Waals surface area contributed by atoms with Gasteiger partial charge in [0.1, 0.15) is 23.7 Å². The number of ether oxygens (including phenoxy) is 2. The molecule has 0 unspecified atom stereocenters. The van der Waals surface area contributed by atoms with Gasteiger partial charge in [0.25, 0.3) is 11.1 Å². The fourth-order valence-corrected chi connectivity index (χ4v) is 5.00. The lowest BCUT2D eigenvalue weighted by Gasteiger charge is -2.13. The maximum Gasteiger partial charge on any atom is 0.342 e. The van der Waals surface area contributed by atoms with Crippen molar-refractivity contribution in [1.29, 1.82) is 0 Å².